The molecule has 0 aromatic heterocycles. The van der Waals surface area contributed by atoms with Crippen LogP contribution in [0.5, 0.6) is 0 Å². The number of rotatable bonds is 3. The molecule has 3 N–H and O–H groups in total. The predicted molar refractivity (Wildman–Crippen MR) is 61.6 cm³/mol. The molecule has 2 amide bonds. The molecule has 0 aromatic rings. The van der Waals surface area contributed by atoms with E-state index in [0.717, 1.165) is 0 Å². The van der Waals surface area contributed by atoms with Crippen LogP contribution in [-0.2, 0) is 4.79 Å². The smallest absolute Gasteiger partial charge is 0.326 e. The Labute approximate surface area is 101 Å². The molecule has 1 fully saturated rings. The van der Waals surface area contributed by atoms with E-state index in [1.54, 1.807) is 0 Å². The van der Waals surface area contributed by atoms with Gasteiger partial charge in [0.2, 0.25) is 0 Å². The molecular formula is C11H20N2O4. The molecule has 17 heavy (non-hydrogen) atoms. The Hall–Kier alpha value is -1.30. The number of likely N-dealkylation sites (tertiary alicyclic amines) is 1. The lowest BCUT2D eigenvalue weighted by Crippen LogP contribution is -2.49. The van der Waals surface area contributed by atoms with Gasteiger partial charge < -0.3 is 20.4 Å². The Morgan fingerprint density at radius 1 is 1.35 bits per heavy atom. The average molecular weight is 244 g/mol. The number of β-amino-alcohol motifs (C(OH)–C–C–N with tert-alkyl or cyclic N) is 1. The van der Waals surface area contributed by atoms with Gasteiger partial charge in [-0.3, -0.25) is 0 Å². The number of aliphatic carboxylic acids is 1. The number of nitrogens with zero attached hydrogens (tertiary/aromatic N) is 1. The van der Waals surface area contributed by atoms with Gasteiger partial charge in [-0.1, -0.05) is 13.8 Å². The van der Waals surface area contributed by atoms with Crippen molar-refractivity contribution in [3.63, 3.8) is 0 Å². The largest absolute Gasteiger partial charge is 0.480 e. The van der Waals surface area contributed by atoms with Crippen molar-refractivity contribution in [2.75, 3.05) is 6.54 Å². The van der Waals surface area contributed by atoms with E-state index in [4.69, 9.17) is 5.11 Å². The molecule has 1 aliphatic rings. The lowest BCUT2D eigenvalue weighted by atomic mass is 10.1. The van der Waals surface area contributed by atoms with Crippen molar-refractivity contribution in [1.82, 2.24) is 10.2 Å². The summed E-state index contributed by atoms with van der Waals surface area (Å²) in [5.41, 5.74) is 0. The summed E-state index contributed by atoms with van der Waals surface area (Å²) >= 11 is 0. The topological polar surface area (TPSA) is 89.9 Å². The normalized spacial score (nSPS) is 26.1. The first-order valence-corrected chi connectivity index (χ1v) is 5.81. The van der Waals surface area contributed by atoms with E-state index < -0.39 is 24.1 Å². The van der Waals surface area contributed by atoms with Gasteiger partial charge in [-0.2, -0.15) is 0 Å². The number of carbonyl (C=O) groups is 2. The zero-order valence-corrected chi connectivity index (χ0v) is 10.4. The number of aliphatic hydroxyl groups excluding tert-OH is 1. The molecule has 1 aliphatic heterocycles. The Bertz CT molecular complexity index is 306. The number of amides is 2. The number of carboxylic acids is 1. The fourth-order valence-electron chi connectivity index (χ4n) is 1.72. The summed E-state index contributed by atoms with van der Waals surface area (Å²) < 4.78 is 0. The second-order valence-electron chi connectivity index (χ2n) is 4.88. The van der Waals surface area contributed by atoms with E-state index in [9.17, 15) is 14.7 Å². The highest BCUT2D eigenvalue weighted by Crippen LogP contribution is 2.18. The average Bonchev–Trinajstić information content (AvgIpc) is 2.60. The number of urea groups is 1. The van der Waals surface area contributed by atoms with E-state index in [1.807, 2.05) is 20.8 Å². The van der Waals surface area contributed by atoms with Gasteiger partial charge in [0.05, 0.1) is 6.10 Å². The molecule has 1 heterocycles. The molecule has 6 heteroatoms. The summed E-state index contributed by atoms with van der Waals surface area (Å²) in [7, 11) is 0. The summed E-state index contributed by atoms with van der Waals surface area (Å²) in [5.74, 6) is -0.802. The molecule has 0 aromatic carbocycles. The van der Waals surface area contributed by atoms with Gasteiger partial charge in [-0.15, -0.1) is 0 Å². The standard InChI is InChI=1S/C11H20N2O4/c1-6(2)7(3)12-11(17)13-5-8(14)4-9(13)10(15)16/h6-9,14H,4-5H2,1-3H3,(H,12,17)(H,15,16)/t7?,8?,9-/m0/s1. The molecule has 98 valence electrons. The van der Waals surface area contributed by atoms with Crippen molar-refractivity contribution in [2.24, 2.45) is 5.92 Å². The van der Waals surface area contributed by atoms with Gasteiger partial charge in [0.15, 0.2) is 0 Å². The molecule has 3 atom stereocenters. The van der Waals surface area contributed by atoms with Crippen LogP contribution in [-0.4, -0.2) is 51.8 Å². The minimum Gasteiger partial charge on any atom is -0.480 e. The van der Waals surface area contributed by atoms with E-state index in [-0.39, 0.29) is 24.9 Å². The van der Waals surface area contributed by atoms with Crippen molar-refractivity contribution in [3.8, 4) is 0 Å². The molecule has 6 nitrogen and oxygen atoms in total. The van der Waals surface area contributed by atoms with Crippen LogP contribution in [0.2, 0.25) is 0 Å². The van der Waals surface area contributed by atoms with Crippen LogP contribution >= 0.6 is 0 Å². The molecular weight excluding hydrogens is 224 g/mol. The van der Waals surface area contributed by atoms with Crippen LogP contribution in [0.3, 0.4) is 0 Å². The summed E-state index contributed by atoms with van der Waals surface area (Å²) in [6, 6.07) is -1.38. The van der Waals surface area contributed by atoms with E-state index in [1.165, 1.54) is 4.90 Å². The van der Waals surface area contributed by atoms with Crippen molar-refractivity contribution >= 4 is 12.0 Å². The lowest BCUT2D eigenvalue weighted by molar-refractivity contribution is -0.141. The maximum atomic E-state index is 11.9. The number of hydrogen-bond acceptors (Lipinski definition) is 3. The second kappa shape index (κ2) is 5.35. The summed E-state index contributed by atoms with van der Waals surface area (Å²) in [5, 5.41) is 21.1. The Balaban J connectivity index is 2.64. The van der Waals surface area contributed by atoms with Crippen LogP contribution < -0.4 is 5.32 Å². The van der Waals surface area contributed by atoms with Crippen molar-refractivity contribution in [3.05, 3.63) is 0 Å². The quantitative estimate of drug-likeness (QED) is 0.664. The molecule has 1 rings (SSSR count). The van der Waals surface area contributed by atoms with Crippen LogP contribution in [0.15, 0.2) is 0 Å². The van der Waals surface area contributed by atoms with Gasteiger partial charge in [-0.05, 0) is 12.8 Å². The van der Waals surface area contributed by atoms with Crippen LogP contribution in [0, 0.1) is 5.92 Å². The molecule has 0 radical (unpaired) electrons. The zero-order chi connectivity index (χ0) is 13.2. The summed E-state index contributed by atoms with van der Waals surface area (Å²) in [4.78, 5) is 24.0. The number of nitrogens with one attached hydrogen (secondary N) is 1. The van der Waals surface area contributed by atoms with Gasteiger partial charge in [0.1, 0.15) is 6.04 Å². The highest BCUT2D eigenvalue weighted by Gasteiger charge is 2.39. The maximum Gasteiger partial charge on any atom is 0.326 e. The van der Waals surface area contributed by atoms with E-state index >= 15 is 0 Å². The summed E-state index contributed by atoms with van der Waals surface area (Å²) in [6.07, 6.45) is -0.657. The number of carbonyl (C=O) groups excluding carboxylic acids is 1. The Morgan fingerprint density at radius 3 is 2.41 bits per heavy atom. The van der Waals surface area contributed by atoms with Gasteiger partial charge >= 0.3 is 12.0 Å². The van der Waals surface area contributed by atoms with Gasteiger partial charge in [0.25, 0.3) is 0 Å². The Kier molecular flexibility index (Phi) is 4.34. The van der Waals surface area contributed by atoms with Crippen molar-refractivity contribution in [1.29, 1.82) is 0 Å². The predicted octanol–water partition coefficient (Wildman–Crippen LogP) is 0.260. The molecule has 0 aliphatic carbocycles. The van der Waals surface area contributed by atoms with E-state index in [2.05, 4.69) is 5.32 Å². The van der Waals surface area contributed by atoms with Gasteiger partial charge in [0, 0.05) is 19.0 Å². The second-order valence-corrected chi connectivity index (χ2v) is 4.88. The lowest BCUT2D eigenvalue weighted by Gasteiger charge is -2.25. The number of carboxylic acid groups (broad SMARTS) is 1. The number of aliphatic hydroxyl groups is 1. The molecule has 2 unspecified atom stereocenters. The first-order chi connectivity index (χ1) is 7.82. The number of hydrogen-bond donors (Lipinski definition) is 3. The van der Waals surface area contributed by atoms with Crippen molar-refractivity contribution in [2.45, 2.75) is 45.4 Å². The third-order valence-corrected chi connectivity index (χ3v) is 3.18. The Morgan fingerprint density at radius 2 is 1.94 bits per heavy atom. The molecule has 0 saturated carbocycles. The summed E-state index contributed by atoms with van der Waals surface area (Å²) in [6.45, 7) is 5.88. The van der Waals surface area contributed by atoms with Crippen LogP contribution in [0.1, 0.15) is 27.2 Å². The first kappa shape index (κ1) is 13.8. The molecule has 1 saturated heterocycles. The monoisotopic (exact) mass is 244 g/mol. The van der Waals surface area contributed by atoms with Crippen LogP contribution in [0.25, 0.3) is 0 Å². The zero-order valence-electron chi connectivity index (χ0n) is 10.4. The third kappa shape index (κ3) is 3.33. The van der Waals surface area contributed by atoms with Gasteiger partial charge in [-0.25, -0.2) is 9.59 Å². The SMILES string of the molecule is CC(C)C(C)NC(=O)N1CC(O)C[C@H]1C(=O)O. The maximum absolute atomic E-state index is 11.9. The molecule has 0 bridgehead atoms. The third-order valence-electron chi connectivity index (χ3n) is 3.18. The molecule has 0 spiro atoms. The highest BCUT2D eigenvalue weighted by molar-refractivity contribution is 5.83. The first-order valence-electron chi connectivity index (χ1n) is 5.81. The highest BCUT2D eigenvalue weighted by atomic mass is 16.4. The fourth-order valence-corrected chi connectivity index (χ4v) is 1.72. The minimum atomic E-state index is -1.08. The minimum absolute atomic E-state index is 0.0327. The van der Waals surface area contributed by atoms with Crippen LogP contribution in [0.4, 0.5) is 4.79 Å². The van der Waals surface area contributed by atoms with Crippen molar-refractivity contribution < 1.29 is 19.8 Å². The fraction of sp³-hybridized carbons (Fsp3) is 0.818. The van der Waals surface area contributed by atoms with E-state index in [0.29, 0.717) is 0 Å².